The number of fused-ring (bicyclic) bond motifs is 1. The normalized spacial score (nSPS) is 23.1. The minimum absolute atomic E-state index is 0.318. The van der Waals surface area contributed by atoms with E-state index in [2.05, 4.69) is 21.7 Å². The summed E-state index contributed by atoms with van der Waals surface area (Å²) in [6.07, 6.45) is 4.19. The molecular weight excluding hydrogens is 282 g/mol. The minimum atomic E-state index is 0.318. The summed E-state index contributed by atoms with van der Waals surface area (Å²) in [7, 11) is 2.03. The highest BCUT2D eigenvalue weighted by atomic mass is 32.1. The molecule has 2 aliphatic rings. The first-order chi connectivity index (χ1) is 10.3. The van der Waals surface area contributed by atoms with Crippen LogP contribution in [0.15, 0.2) is 11.4 Å². The fourth-order valence-corrected chi connectivity index (χ4v) is 4.26. The summed E-state index contributed by atoms with van der Waals surface area (Å²) in [6, 6.07) is 2.76. The van der Waals surface area contributed by atoms with Gasteiger partial charge in [-0.15, -0.1) is 11.3 Å². The van der Waals surface area contributed by atoms with E-state index in [1.54, 1.807) is 0 Å². The molecule has 4 nitrogen and oxygen atoms in total. The minimum Gasteiger partial charge on any atom is -0.338 e. The summed E-state index contributed by atoms with van der Waals surface area (Å²) in [5.41, 5.74) is 1.35. The Hall–Kier alpha value is -0.910. The molecule has 3 heterocycles. The summed E-state index contributed by atoms with van der Waals surface area (Å²) in [5.74, 6) is 0.318. The van der Waals surface area contributed by atoms with E-state index in [-0.39, 0.29) is 0 Å². The van der Waals surface area contributed by atoms with Gasteiger partial charge in [-0.2, -0.15) is 0 Å². The lowest BCUT2D eigenvalue weighted by Crippen LogP contribution is -2.45. The van der Waals surface area contributed by atoms with Crippen molar-refractivity contribution in [1.29, 1.82) is 0 Å². The zero-order chi connectivity index (χ0) is 14.7. The predicted molar refractivity (Wildman–Crippen MR) is 86.6 cm³/mol. The lowest BCUT2D eigenvalue weighted by Gasteiger charge is -2.33. The molecule has 0 radical (unpaired) electrons. The van der Waals surface area contributed by atoms with Crippen LogP contribution in [0.5, 0.6) is 0 Å². The third-order valence-electron chi connectivity index (χ3n) is 4.72. The Morgan fingerprint density at radius 1 is 1.48 bits per heavy atom. The molecule has 21 heavy (non-hydrogen) atoms. The van der Waals surface area contributed by atoms with Crippen molar-refractivity contribution in [2.75, 3.05) is 33.2 Å². The number of rotatable bonds is 4. The SMILES string of the molecule is CNC1CCCN(CCC(=O)N2CCc3sccc3C2)C1. The van der Waals surface area contributed by atoms with Gasteiger partial charge in [0, 0.05) is 43.5 Å². The molecule has 1 fully saturated rings. The third kappa shape index (κ3) is 3.65. The first kappa shape index (κ1) is 15.0. The van der Waals surface area contributed by atoms with Crippen molar-refractivity contribution in [2.45, 2.75) is 38.3 Å². The van der Waals surface area contributed by atoms with Gasteiger partial charge in [0.15, 0.2) is 0 Å². The van der Waals surface area contributed by atoms with Gasteiger partial charge in [-0.1, -0.05) is 0 Å². The first-order valence-corrected chi connectivity index (χ1v) is 8.87. The summed E-state index contributed by atoms with van der Waals surface area (Å²) >= 11 is 1.82. The second-order valence-electron chi connectivity index (χ2n) is 6.11. The van der Waals surface area contributed by atoms with Crippen LogP contribution in [-0.4, -0.2) is 55.0 Å². The van der Waals surface area contributed by atoms with E-state index in [0.29, 0.717) is 18.4 Å². The van der Waals surface area contributed by atoms with Gasteiger partial charge < -0.3 is 15.1 Å². The highest BCUT2D eigenvalue weighted by Gasteiger charge is 2.23. The molecule has 1 aromatic rings. The van der Waals surface area contributed by atoms with Gasteiger partial charge in [-0.25, -0.2) is 0 Å². The Kier molecular flexibility index (Phi) is 4.93. The average Bonchev–Trinajstić information content (AvgIpc) is 3.00. The summed E-state index contributed by atoms with van der Waals surface area (Å²) in [6.45, 7) is 4.84. The molecule has 0 aromatic carbocycles. The number of carbonyl (C=O) groups is 1. The van der Waals surface area contributed by atoms with Gasteiger partial charge >= 0.3 is 0 Å². The van der Waals surface area contributed by atoms with E-state index in [4.69, 9.17) is 0 Å². The van der Waals surface area contributed by atoms with Crippen molar-refractivity contribution in [1.82, 2.24) is 15.1 Å². The molecule has 1 amide bonds. The topological polar surface area (TPSA) is 35.6 Å². The standard InChI is InChI=1S/C16H25N3OS/c1-17-14-3-2-7-18(12-14)8-5-16(20)19-9-4-15-13(11-19)6-10-21-15/h6,10,14,17H,2-5,7-9,11-12H2,1H3. The average molecular weight is 307 g/mol. The summed E-state index contributed by atoms with van der Waals surface area (Å²) in [5, 5.41) is 5.50. The Morgan fingerprint density at radius 3 is 3.24 bits per heavy atom. The zero-order valence-electron chi connectivity index (χ0n) is 12.8. The number of hydrogen-bond donors (Lipinski definition) is 1. The molecule has 2 aliphatic heterocycles. The van der Waals surface area contributed by atoms with Crippen LogP contribution < -0.4 is 5.32 Å². The number of likely N-dealkylation sites (tertiary alicyclic amines) is 1. The molecule has 1 atom stereocenters. The van der Waals surface area contributed by atoms with E-state index in [0.717, 1.165) is 39.1 Å². The number of amides is 1. The molecule has 0 spiro atoms. The largest absolute Gasteiger partial charge is 0.338 e. The van der Waals surface area contributed by atoms with Crippen LogP contribution in [0.25, 0.3) is 0 Å². The number of piperidine rings is 1. The van der Waals surface area contributed by atoms with Crippen LogP contribution in [0.4, 0.5) is 0 Å². The van der Waals surface area contributed by atoms with Crippen LogP contribution in [0.3, 0.4) is 0 Å². The summed E-state index contributed by atoms with van der Waals surface area (Å²) < 4.78 is 0. The van der Waals surface area contributed by atoms with Crippen LogP contribution in [-0.2, 0) is 17.8 Å². The Labute approximate surface area is 131 Å². The molecule has 1 aromatic heterocycles. The zero-order valence-corrected chi connectivity index (χ0v) is 13.6. The lowest BCUT2D eigenvalue weighted by atomic mass is 10.1. The van der Waals surface area contributed by atoms with Gasteiger partial charge in [-0.3, -0.25) is 4.79 Å². The molecule has 0 bridgehead atoms. The van der Waals surface area contributed by atoms with Crippen molar-refractivity contribution in [3.05, 3.63) is 21.9 Å². The second kappa shape index (κ2) is 6.90. The molecule has 3 rings (SSSR count). The maximum Gasteiger partial charge on any atom is 0.224 e. The van der Waals surface area contributed by atoms with E-state index in [1.165, 1.54) is 23.3 Å². The van der Waals surface area contributed by atoms with Crippen molar-refractivity contribution in [2.24, 2.45) is 0 Å². The third-order valence-corrected chi connectivity index (χ3v) is 5.74. The van der Waals surface area contributed by atoms with Crippen molar-refractivity contribution >= 4 is 17.2 Å². The van der Waals surface area contributed by atoms with E-state index in [1.807, 2.05) is 23.3 Å². The Balaban J connectivity index is 1.46. The smallest absolute Gasteiger partial charge is 0.224 e. The van der Waals surface area contributed by atoms with Gasteiger partial charge in [0.2, 0.25) is 5.91 Å². The lowest BCUT2D eigenvalue weighted by molar-refractivity contribution is -0.132. The molecule has 1 unspecified atom stereocenters. The van der Waals surface area contributed by atoms with Crippen LogP contribution in [0.2, 0.25) is 0 Å². The Bertz CT molecular complexity index is 488. The number of carbonyl (C=O) groups excluding carboxylic acids is 1. The van der Waals surface area contributed by atoms with E-state index in [9.17, 15) is 4.79 Å². The molecule has 0 saturated carbocycles. The number of likely N-dealkylation sites (N-methyl/N-ethyl adjacent to an activating group) is 1. The van der Waals surface area contributed by atoms with Gasteiger partial charge in [0.1, 0.15) is 0 Å². The molecule has 116 valence electrons. The maximum atomic E-state index is 12.4. The number of thiophene rings is 1. The Morgan fingerprint density at radius 2 is 2.38 bits per heavy atom. The van der Waals surface area contributed by atoms with Crippen LogP contribution in [0, 0.1) is 0 Å². The van der Waals surface area contributed by atoms with E-state index < -0.39 is 0 Å². The van der Waals surface area contributed by atoms with E-state index >= 15 is 0 Å². The fourth-order valence-electron chi connectivity index (χ4n) is 3.37. The van der Waals surface area contributed by atoms with Crippen molar-refractivity contribution < 1.29 is 4.79 Å². The quantitative estimate of drug-likeness (QED) is 0.920. The molecular formula is C16H25N3OS. The molecule has 0 aliphatic carbocycles. The van der Waals surface area contributed by atoms with Crippen molar-refractivity contribution in [3.8, 4) is 0 Å². The predicted octanol–water partition coefficient (Wildman–Crippen LogP) is 1.71. The summed E-state index contributed by atoms with van der Waals surface area (Å²) in [4.78, 5) is 18.3. The monoisotopic (exact) mass is 307 g/mol. The molecule has 1 N–H and O–H groups in total. The van der Waals surface area contributed by atoms with Crippen LogP contribution in [0.1, 0.15) is 29.7 Å². The maximum absolute atomic E-state index is 12.4. The number of nitrogens with one attached hydrogen (secondary N) is 1. The van der Waals surface area contributed by atoms with Gasteiger partial charge in [0.25, 0.3) is 0 Å². The fraction of sp³-hybridized carbons (Fsp3) is 0.688. The van der Waals surface area contributed by atoms with Crippen LogP contribution >= 0.6 is 11.3 Å². The van der Waals surface area contributed by atoms with Gasteiger partial charge in [0.05, 0.1) is 0 Å². The molecule has 1 saturated heterocycles. The highest BCUT2D eigenvalue weighted by Crippen LogP contribution is 2.24. The van der Waals surface area contributed by atoms with Gasteiger partial charge in [-0.05, 0) is 49.9 Å². The second-order valence-corrected chi connectivity index (χ2v) is 7.11. The van der Waals surface area contributed by atoms with Crippen molar-refractivity contribution in [3.63, 3.8) is 0 Å². The number of nitrogens with zero attached hydrogens (tertiary/aromatic N) is 2. The highest BCUT2D eigenvalue weighted by molar-refractivity contribution is 7.10. The molecule has 5 heteroatoms. The first-order valence-electron chi connectivity index (χ1n) is 7.99. The number of hydrogen-bond acceptors (Lipinski definition) is 4.